The average molecular weight is 1000 g/mol. The minimum Gasteiger partial charge on any atom is -0.321 e. The minimum absolute atomic E-state index is 0.0200. The maximum absolute atomic E-state index is 5.12. The summed E-state index contributed by atoms with van der Waals surface area (Å²) in [5.74, 6) is 0.847. The fourth-order valence-electron chi connectivity index (χ4n) is 11.2. The maximum atomic E-state index is 5.12. The Kier molecular flexibility index (Phi) is 12.3. The van der Waals surface area contributed by atoms with Gasteiger partial charge in [0.15, 0.2) is 0 Å². The summed E-state index contributed by atoms with van der Waals surface area (Å²) in [4.78, 5) is 14.9. The number of hydrogen-bond donors (Lipinski definition) is 0. The summed E-state index contributed by atoms with van der Waals surface area (Å²) in [6.45, 7) is 21.4. The average Bonchev–Trinajstić information content (AvgIpc) is 3.79. The highest BCUT2D eigenvalue weighted by Gasteiger charge is 2.33. The molecule has 2 aliphatic rings. The molecule has 0 N–H and O–H groups in total. The van der Waals surface area contributed by atoms with Crippen molar-refractivity contribution >= 4 is 57.0 Å². The molecule has 0 radical (unpaired) electrons. The van der Waals surface area contributed by atoms with Crippen molar-refractivity contribution in [3.05, 3.63) is 247 Å². The second-order valence-electron chi connectivity index (χ2n) is 23.9. The third kappa shape index (κ3) is 9.35. The van der Waals surface area contributed by atoms with Gasteiger partial charge in [0.05, 0.1) is 22.7 Å². The molecule has 77 heavy (non-hydrogen) atoms. The number of anilines is 10. The van der Waals surface area contributed by atoms with Gasteiger partial charge in [-0.25, -0.2) is 4.98 Å². The lowest BCUT2D eigenvalue weighted by atomic mass is 9.80. The first-order valence-electron chi connectivity index (χ1n) is 27.1. The van der Waals surface area contributed by atoms with Crippen LogP contribution < -0.4 is 19.6 Å². The molecule has 0 bridgehead atoms. The number of pyridine rings is 1. The monoisotopic (exact) mass is 1000 g/mol. The lowest BCUT2D eigenvalue weighted by Crippen LogP contribution is -2.25. The van der Waals surface area contributed by atoms with E-state index >= 15 is 0 Å². The number of fused-ring (bicyclic) bond motifs is 6. The molecule has 380 valence electrons. The van der Waals surface area contributed by atoms with E-state index in [2.05, 4.69) is 300 Å². The number of para-hydroxylation sites is 3. The number of aromatic nitrogens is 1. The Morgan fingerprint density at radius 2 is 0.857 bits per heavy atom. The first-order chi connectivity index (χ1) is 37.1. The van der Waals surface area contributed by atoms with E-state index in [4.69, 9.17) is 4.98 Å². The van der Waals surface area contributed by atoms with Crippen molar-refractivity contribution in [3.63, 3.8) is 0 Å². The van der Waals surface area contributed by atoms with Crippen LogP contribution in [0.3, 0.4) is 0 Å². The van der Waals surface area contributed by atoms with Crippen molar-refractivity contribution in [2.45, 2.75) is 78.6 Å². The number of hydrogen-bond acceptors (Lipinski definition) is 5. The van der Waals surface area contributed by atoms with Crippen molar-refractivity contribution in [3.8, 4) is 44.5 Å². The fraction of sp³-hybridized carbons (Fsp3) is 0.181. The first-order valence-corrected chi connectivity index (χ1v) is 27.1. The third-order valence-electron chi connectivity index (χ3n) is 15.5. The number of benzene rings is 9. The molecular formula is C72H67N5. The lowest BCUT2D eigenvalue weighted by molar-refractivity contribution is 0.568. The first kappa shape index (κ1) is 49.2. The molecule has 1 aromatic heterocycles. The molecule has 0 amide bonds. The topological polar surface area (TPSA) is 25.9 Å². The molecule has 3 heterocycles. The Morgan fingerprint density at radius 1 is 0.338 bits per heavy atom. The molecule has 12 rings (SSSR count). The molecule has 5 nitrogen and oxygen atoms in total. The van der Waals surface area contributed by atoms with E-state index in [0.717, 1.165) is 67.8 Å². The molecule has 0 aliphatic carbocycles. The van der Waals surface area contributed by atoms with Crippen LogP contribution in [0.2, 0.25) is 0 Å². The van der Waals surface area contributed by atoms with E-state index in [9.17, 15) is 0 Å². The van der Waals surface area contributed by atoms with E-state index in [0.29, 0.717) is 6.67 Å². The molecule has 0 atom stereocenters. The smallest absolute Gasteiger partial charge is 0.137 e. The summed E-state index contributed by atoms with van der Waals surface area (Å²) in [5.41, 5.74) is 23.2. The van der Waals surface area contributed by atoms with Gasteiger partial charge in [-0.2, -0.15) is 0 Å². The van der Waals surface area contributed by atoms with Gasteiger partial charge in [0.25, 0.3) is 0 Å². The number of nitrogens with zero attached hydrogens (tertiary/aromatic N) is 5. The van der Waals surface area contributed by atoms with Gasteiger partial charge < -0.3 is 14.7 Å². The Morgan fingerprint density at radius 3 is 1.45 bits per heavy atom. The highest BCUT2D eigenvalue weighted by molar-refractivity contribution is 6.04. The van der Waals surface area contributed by atoms with Crippen LogP contribution in [0.4, 0.5) is 57.0 Å². The van der Waals surface area contributed by atoms with Crippen LogP contribution in [-0.2, 0) is 16.2 Å². The minimum atomic E-state index is -0.0200. The van der Waals surface area contributed by atoms with Crippen LogP contribution in [0.5, 0.6) is 0 Å². The van der Waals surface area contributed by atoms with Crippen LogP contribution in [0.1, 0.15) is 79.0 Å². The van der Waals surface area contributed by atoms with E-state index in [-0.39, 0.29) is 16.2 Å². The maximum Gasteiger partial charge on any atom is 0.137 e. The normalized spacial score (nSPS) is 13.1. The standard InChI is InChI=1S/C72H67N5/c1-70(2,3)53-34-31-50(32-35-53)51-33-37-63-61-26-16-17-27-62(61)64-38-36-57(47-68(64)77(67(63)42-51)69-30-20-21-39-73-69)76(56-24-14-11-15-25-56)60-41-52(49-22-12-10-13-23-49)40-58(46-60)74-48-75(66-29-19-18-28-65(66)74)59-44-54(71(4,5)6)43-55(45-59)72(7,8)9/h10-47H,48H2,1-9H3. The molecule has 9 aromatic carbocycles. The van der Waals surface area contributed by atoms with Gasteiger partial charge in [-0.3, -0.25) is 4.90 Å². The summed E-state index contributed by atoms with van der Waals surface area (Å²) in [6, 6.07) is 83.0. The Bertz CT molecular complexity index is 3750. The SMILES string of the molecule is CC(C)(C)c1ccc(-c2ccc3c(c2)N(c2ccccn2)c2cc(N(c4ccccc4)c4cc(-c5ccccc5)cc(N5CN(c6cc(C(C)(C)C)cc(C(C)(C)C)c6)c6ccccc65)c4)ccc2-c2ccccc2-3)cc1. The summed E-state index contributed by atoms with van der Waals surface area (Å²) < 4.78 is 0. The van der Waals surface area contributed by atoms with Crippen molar-refractivity contribution < 1.29 is 0 Å². The largest absolute Gasteiger partial charge is 0.321 e. The zero-order valence-corrected chi connectivity index (χ0v) is 45.9. The molecular weight excluding hydrogens is 935 g/mol. The summed E-state index contributed by atoms with van der Waals surface area (Å²) in [6.07, 6.45) is 1.90. The molecule has 0 spiro atoms. The Hall–Kier alpha value is -8.67. The van der Waals surface area contributed by atoms with Gasteiger partial charge >= 0.3 is 0 Å². The van der Waals surface area contributed by atoms with Crippen molar-refractivity contribution in [1.29, 1.82) is 0 Å². The van der Waals surface area contributed by atoms with E-state index in [1.165, 1.54) is 50.4 Å². The number of rotatable bonds is 8. The molecule has 5 heteroatoms. The quantitative estimate of drug-likeness (QED) is 0.151. The molecule has 10 aromatic rings. The lowest BCUT2D eigenvalue weighted by Gasteiger charge is -2.31. The fourth-order valence-corrected chi connectivity index (χ4v) is 11.2. The molecule has 0 saturated heterocycles. The second-order valence-corrected chi connectivity index (χ2v) is 23.9. The van der Waals surface area contributed by atoms with Crippen LogP contribution in [0.15, 0.2) is 231 Å². The van der Waals surface area contributed by atoms with Gasteiger partial charge in [-0.1, -0.05) is 202 Å². The van der Waals surface area contributed by atoms with Crippen LogP contribution in [-0.4, -0.2) is 11.7 Å². The Labute approximate surface area is 456 Å². The summed E-state index contributed by atoms with van der Waals surface area (Å²) in [7, 11) is 0. The van der Waals surface area contributed by atoms with Crippen LogP contribution in [0.25, 0.3) is 44.5 Å². The van der Waals surface area contributed by atoms with Gasteiger partial charge in [-0.15, -0.1) is 0 Å². The molecule has 0 fully saturated rings. The predicted octanol–water partition coefficient (Wildman–Crippen LogP) is 20.1. The van der Waals surface area contributed by atoms with Crippen LogP contribution in [0, 0.1) is 0 Å². The Balaban J connectivity index is 1.05. The molecule has 0 unspecified atom stereocenters. The van der Waals surface area contributed by atoms with Gasteiger partial charge in [0, 0.05) is 45.8 Å². The zero-order chi connectivity index (χ0) is 53.2. The van der Waals surface area contributed by atoms with Crippen molar-refractivity contribution in [1.82, 2.24) is 4.98 Å². The zero-order valence-electron chi connectivity index (χ0n) is 45.9. The third-order valence-corrected chi connectivity index (χ3v) is 15.5. The second kappa shape index (κ2) is 19.2. The highest BCUT2D eigenvalue weighted by atomic mass is 15.4. The van der Waals surface area contributed by atoms with E-state index < -0.39 is 0 Å². The summed E-state index contributed by atoms with van der Waals surface area (Å²) >= 11 is 0. The van der Waals surface area contributed by atoms with E-state index in [1.54, 1.807) is 0 Å². The van der Waals surface area contributed by atoms with Gasteiger partial charge in [0.1, 0.15) is 12.5 Å². The van der Waals surface area contributed by atoms with Gasteiger partial charge in [-0.05, 0) is 151 Å². The predicted molar refractivity (Wildman–Crippen MR) is 327 cm³/mol. The molecule has 2 aliphatic heterocycles. The van der Waals surface area contributed by atoms with Crippen molar-refractivity contribution in [2.75, 3.05) is 26.3 Å². The summed E-state index contributed by atoms with van der Waals surface area (Å²) in [5, 5.41) is 0. The highest BCUT2D eigenvalue weighted by Crippen LogP contribution is 2.54. The van der Waals surface area contributed by atoms with Crippen molar-refractivity contribution in [2.24, 2.45) is 0 Å². The molecule has 0 saturated carbocycles. The van der Waals surface area contributed by atoms with E-state index in [1.807, 2.05) is 12.3 Å². The van der Waals surface area contributed by atoms with Gasteiger partial charge in [0.2, 0.25) is 0 Å². The van der Waals surface area contributed by atoms with Crippen LogP contribution >= 0.6 is 0 Å².